The summed E-state index contributed by atoms with van der Waals surface area (Å²) in [5.41, 5.74) is 5.11. The molecule has 0 bridgehead atoms. The van der Waals surface area contributed by atoms with Gasteiger partial charge in [0, 0.05) is 17.2 Å². The first-order chi connectivity index (χ1) is 16.5. The van der Waals surface area contributed by atoms with Crippen molar-refractivity contribution >= 4 is 44.6 Å². The largest absolute Gasteiger partial charge is 0.271 e. The number of hydrogen-bond acceptors (Lipinski definition) is 6. The molecule has 3 aromatic carbocycles. The number of amides is 1. The van der Waals surface area contributed by atoms with Crippen LogP contribution in [0.25, 0.3) is 0 Å². The number of halogens is 1. The topological polar surface area (TPSA) is 122 Å². The van der Waals surface area contributed by atoms with Crippen molar-refractivity contribution in [1.29, 1.82) is 0 Å². The summed E-state index contributed by atoms with van der Waals surface area (Å²) in [4.78, 5) is 23.1. The fourth-order valence-corrected chi connectivity index (χ4v) is 4.68. The van der Waals surface area contributed by atoms with Crippen LogP contribution in [0.1, 0.15) is 23.6 Å². The monoisotopic (exact) mass is 514 g/mol. The van der Waals surface area contributed by atoms with E-state index < -0.39 is 27.4 Å². The zero-order valence-corrected chi connectivity index (χ0v) is 20.8. The summed E-state index contributed by atoms with van der Waals surface area (Å²) in [7, 11) is -4.10. The highest BCUT2D eigenvalue weighted by Gasteiger charge is 2.27. The molecule has 0 atom stereocenters. The molecule has 0 aromatic heterocycles. The minimum absolute atomic E-state index is 0.0261. The van der Waals surface area contributed by atoms with E-state index in [0.717, 1.165) is 15.4 Å². The van der Waals surface area contributed by atoms with Crippen molar-refractivity contribution < 1.29 is 18.1 Å². The summed E-state index contributed by atoms with van der Waals surface area (Å²) in [5.74, 6) is -0.682. The summed E-state index contributed by atoms with van der Waals surface area (Å²) in [5, 5.41) is 15.2. The number of carbonyl (C=O) groups is 1. The molecular weight excluding hydrogens is 492 g/mol. The lowest BCUT2D eigenvalue weighted by Gasteiger charge is -2.24. The van der Waals surface area contributed by atoms with Crippen LogP contribution in [0.3, 0.4) is 0 Å². The number of hydrogen-bond donors (Lipinski definition) is 1. The molecule has 9 nitrogen and oxygen atoms in total. The molecule has 0 aliphatic rings. The number of nitro benzene ring substituents is 1. The second-order valence-electron chi connectivity index (χ2n) is 7.79. The highest BCUT2D eigenvalue weighted by molar-refractivity contribution is 7.92. The average Bonchev–Trinajstić information content (AvgIpc) is 2.83. The van der Waals surface area contributed by atoms with Gasteiger partial charge in [0.15, 0.2) is 0 Å². The van der Waals surface area contributed by atoms with Gasteiger partial charge in [0.1, 0.15) is 6.54 Å². The Bertz CT molecular complexity index is 1390. The van der Waals surface area contributed by atoms with E-state index in [4.69, 9.17) is 11.6 Å². The average molecular weight is 515 g/mol. The Morgan fingerprint density at radius 2 is 1.69 bits per heavy atom. The van der Waals surface area contributed by atoms with Gasteiger partial charge in [0.2, 0.25) is 0 Å². The van der Waals surface area contributed by atoms with Crippen molar-refractivity contribution in [2.75, 3.05) is 10.8 Å². The first-order valence-electron chi connectivity index (χ1n) is 10.4. The molecule has 11 heteroatoms. The molecule has 182 valence electrons. The number of anilines is 1. The number of hydrazone groups is 1. The van der Waals surface area contributed by atoms with Crippen LogP contribution in [0.15, 0.2) is 76.7 Å². The van der Waals surface area contributed by atoms with E-state index in [1.807, 2.05) is 6.92 Å². The quantitative estimate of drug-likeness (QED) is 0.267. The maximum atomic E-state index is 13.4. The van der Waals surface area contributed by atoms with E-state index in [2.05, 4.69) is 10.5 Å². The van der Waals surface area contributed by atoms with Gasteiger partial charge in [0.25, 0.3) is 21.6 Å². The van der Waals surface area contributed by atoms with E-state index >= 15 is 0 Å². The minimum Gasteiger partial charge on any atom is -0.271 e. The second kappa shape index (κ2) is 10.7. The maximum absolute atomic E-state index is 13.4. The molecule has 0 saturated carbocycles. The van der Waals surface area contributed by atoms with Crippen molar-refractivity contribution in [1.82, 2.24) is 5.43 Å². The fourth-order valence-electron chi connectivity index (χ4n) is 3.09. The summed E-state index contributed by atoms with van der Waals surface area (Å²) in [6, 6.07) is 16.7. The summed E-state index contributed by atoms with van der Waals surface area (Å²) >= 11 is 6.23. The Morgan fingerprint density at radius 3 is 2.26 bits per heavy atom. The van der Waals surface area contributed by atoms with Crippen LogP contribution in [0.4, 0.5) is 11.4 Å². The first-order valence-corrected chi connectivity index (χ1v) is 12.2. The summed E-state index contributed by atoms with van der Waals surface area (Å²) < 4.78 is 27.8. The highest BCUT2D eigenvalue weighted by Crippen LogP contribution is 2.28. The van der Waals surface area contributed by atoms with Gasteiger partial charge in [-0.2, -0.15) is 5.10 Å². The van der Waals surface area contributed by atoms with E-state index in [1.54, 1.807) is 38.1 Å². The summed E-state index contributed by atoms with van der Waals surface area (Å²) in [6.07, 6.45) is 0. The lowest BCUT2D eigenvalue weighted by Crippen LogP contribution is -2.39. The predicted octanol–water partition coefficient (Wildman–Crippen LogP) is 4.60. The molecule has 1 N–H and O–H groups in total. The van der Waals surface area contributed by atoms with Gasteiger partial charge in [-0.3, -0.25) is 19.2 Å². The third-order valence-electron chi connectivity index (χ3n) is 5.18. The molecular formula is C24H23ClN4O5S. The molecule has 0 aliphatic carbocycles. The molecule has 1 amide bonds. The van der Waals surface area contributed by atoms with E-state index in [9.17, 15) is 23.3 Å². The predicted molar refractivity (Wildman–Crippen MR) is 135 cm³/mol. The highest BCUT2D eigenvalue weighted by atomic mass is 35.5. The zero-order chi connectivity index (χ0) is 25.8. The standard InChI is InChI=1S/C24H23ClN4O5S/c1-16-4-12-22(13-5-16)35(33,34)28(21-9-6-17(2)23(25)14-21)15-24(30)27-26-18(3)19-7-10-20(11-8-19)29(31)32/h4-14H,15H2,1-3H3,(H,27,30)/b26-18-. The van der Waals surface area contributed by atoms with Crippen molar-refractivity contribution in [2.24, 2.45) is 5.10 Å². The van der Waals surface area contributed by atoms with Gasteiger partial charge < -0.3 is 0 Å². The minimum atomic E-state index is -4.10. The number of benzene rings is 3. The Hall–Kier alpha value is -3.76. The van der Waals surface area contributed by atoms with Gasteiger partial charge in [-0.1, -0.05) is 35.4 Å². The van der Waals surface area contributed by atoms with E-state index in [-0.39, 0.29) is 16.3 Å². The Balaban J connectivity index is 1.87. The Morgan fingerprint density at radius 1 is 1.06 bits per heavy atom. The van der Waals surface area contributed by atoms with Crippen LogP contribution in [0, 0.1) is 24.0 Å². The molecule has 0 unspecified atom stereocenters. The molecule has 0 saturated heterocycles. The van der Waals surface area contributed by atoms with Crippen molar-refractivity contribution in [3.8, 4) is 0 Å². The number of rotatable bonds is 8. The maximum Gasteiger partial charge on any atom is 0.269 e. The number of nitrogens with one attached hydrogen (secondary N) is 1. The number of nitro groups is 1. The second-order valence-corrected chi connectivity index (χ2v) is 10.1. The fraction of sp³-hybridized carbons (Fsp3) is 0.167. The van der Waals surface area contributed by atoms with Crippen LogP contribution in [0.5, 0.6) is 0 Å². The molecule has 0 fully saturated rings. The lowest BCUT2D eigenvalue weighted by molar-refractivity contribution is -0.384. The third kappa shape index (κ3) is 6.23. The lowest BCUT2D eigenvalue weighted by atomic mass is 10.1. The van der Waals surface area contributed by atoms with E-state index in [0.29, 0.717) is 16.3 Å². The zero-order valence-electron chi connectivity index (χ0n) is 19.2. The van der Waals surface area contributed by atoms with Crippen molar-refractivity contribution in [2.45, 2.75) is 25.7 Å². The van der Waals surface area contributed by atoms with Crippen LogP contribution < -0.4 is 9.73 Å². The van der Waals surface area contributed by atoms with Crippen LogP contribution in [-0.4, -0.2) is 31.5 Å². The number of non-ortho nitro benzene ring substituents is 1. The normalized spacial score (nSPS) is 11.7. The van der Waals surface area contributed by atoms with Gasteiger partial charge in [-0.25, -0.2) is 13.8 Å². The van der Waals surface area contributed by atoms with E-state index in [1.165, 1.54) is 42.5 Å². The van der Waals surface area contributed by atoms with Gasteiger partial charge >= 0.3 is 0 Å². The number of carbonyl (C=O) groups excluding carboxylic acids is 1. The third-order valence-corrected chi connectivity index (χ3v) is 7.38. The van der Waals surface area contributed by atoms with Crippen molar-refractivity contribution in [3.63, 3.8) is 0 Å². The number of aryl methyl sites for hydroxylation is 2. The van der Waals surface area contributed by atoms with Crippen molar-refractivity contribution in [3.05, 3.63) is 98.6 Å². The number of nitrogens with zero attached hydrogens (tertiary/aromatic N) is 3. The number of sulfonamides is 1. The Labute approximate surface area is 208 Å². The van der Waals surface area contributed by atoms with Gasteiger partial charge in [0.05, 0.1) is 21.2 Å². The molecule has 0 spiro atoms. The van der Waals surface area contributed by atoms with Gasteiger partial charge in [-0.05, 0) is 68.3 Å². The van der Waals surface area contributed by atoms with Crippen LogP contribution in [0.2, 0.25) is 5.02 Å². The van der Waals surface area contributed by atoms with Crippen LogP contribution in [-0.2, 0) is 14.8 Å². The Kier molecular flexibility index (Phi) is 7.88. The smallest absolute Gasteiger partial charge is 0.269 e. The molecule has 3 aromatic rings. The SMILES string of the molecule is C/C(=N/NC(=O)CN(c1ccc(C)c(Cl)c1)S(=O)(=O)c1ccc(C)cc1)c1ccc([N+](=O)[O-])cc1. The summed E-state index contributed by atoms with van der Waals surface area (Å²) in [6.45, 7) is 4.69. The molecule has 0 heterocycles. The molecule has 0 radical (unpaired) electrons. The molecule has 0 aliphatic heterocycles. The molecule has 35 heavy (non-hydrogen) atoms. The molecule has 3 rings (SSSR count). The first kappa shape index (κ1) is 25.9. The van der Waals surface area contributed by atoms with Gasteiger partial charge in [-0.15, -0.1) is 0 Å². The van der Waals surface area contributed by atoms with Crippen LogP contribution >= 0.6 is 11.6 Å².